The van der Waals surface area contributed by atoms with Gasteiger partial charge < -0.3 is 14.7 Å². The van der Waals surface area contributed by atoms with Crippen molar-refractivity contribution >= 4 is 11.9 Å². The van der Waals surface area contributed by atoms with Crippen LogP contribution in [0.25, 0.3) is 0 Å². The third-order valence-corrected chi connectivity index (χ3v) is 3.33. The van der Waals surface area contributed by atoms with Crippen LogP contribution in [0.2, 0.25) is 0 Å². The Labute approximate surface area is 111 Å². The summed E-state index contributed by atoms with van der Waals surface area (Å²) in [5.74, 6) is -0.907. The molecule has 5 heteroatoms. The maximum atomic E-state index is 11.8. The van der Waals surface area contributed by atoms with Crippen molar-refractivity contribution in [1.29, 1.82) is 0 Å². The van der Waals surface area contributed by atoms with Crippen LogP contribution in [0.4, 0.5) is 0 Å². The highest BCUT2D eigenvalue weighted by Gasteiger charge is 2.35. The van der Waals surface area contributed by atoms with E-state index in [0.29, 0.717) is 6.54 Å². The Balaban J connectivity index is 1.97. The van der Waals surface area contributed by atoms with Gasteiger partial charge in [-0.1, -0.05) is 30.3 Å². The number of rotatable bonds is 4. The lowest BCUT2D eigenvalue weighted by Gasteiger charge is -2.20. The summed E-state index contributed by atoms with van der Waals surface area (Å²) in [6.45, 7) is 0.520. The summed E-state index contributed by atoms with van der Waals surface area (Å²) >= 11 is 0. The summed E-state index contributed by atoms with van der Waals surface area (Å²) in [7, 11) is 1.31. The van der Waals surface area contributed by atoms with Crippen molar-refractivity contribution in [3.05, 3.63) is 35.9 Å². The number of esters is 1. The molecule has 1 aliphatic heterocycles. The number of β-amino-alcohol motifs (C(OH)–C–C–N with tert-alkyl or cyclic N) is 1. The van der Waals surface area contributed by atoms with Crippen LogP contribution >= 0.6 is 0 Å². The smallest absolute Gasteiger partial charge is 0.310 e. The fourth-order valence-electron chi connectivity index (χ4n) is 2.26. The molecule has 19 heavy (non-hydrogen) atoms. The number of hydrogen-bond acceptors (Lipinski definition) is 4. The molecule has 1 unspecified atom stereocenters. The summed E-state index contributed by atoms with van der Waals surface area (Å²) in [4.78, 5) is 24.7. The Kier molecular flexibility index (Phi) is 4.16. The van der Waals surface area contributed by atoms with E-state index in [9.17, 15) is 14.7 Å². The average Bonchev–Trinajstić information content (AvgIpc) is 2.80. The zero-order valence-electron chi connectivity index (χ0n) is 10.8. The van der Waals surface area contributed by atoms with Gasteiger partial charge in [0.25, 0.3) is 0 Å². The number of amides is 1. The largest absolute Gasteiger partial charge is 0.469 e. The molecule has 0 saturated carbocycles. The quantitative estimate of drug-likeness (QED) is 0.814. The van der Waals surface area contributed by atoms with Crippen LogP contribution in [0, 0.1) is 5.92 Å². The molecular formula is C14H17NO4. The number of carbonyl (C=O) groups excluding carboxylic acids is 2. The van der Waals surface area contributed by atoms with Gasteiger partial charge in [-0.15, -0.1) is 0 Å². The number of methoxy groups -OCH3 is 1. The van der Waals surface area contributed by atoms with Crippen molar-refractivity contribution < 1.29 is 19.4 Å². The number of hydrogen-bond donors (Lipinski definition) is 1. The van der Waals surface area contributed by atoms with E-state index in [1.54, 1.807) is 0 Å². The monoisotopic (exact) mass is 263 g/mol. The lowest BCUT2D eigenvalue weighted by atomic mass is 10.1. The Morgan fingerprint density at radius 1 is 1.47 bits per heavy atom. The summed E-state index contributed by atoms with van der Waals surface area (Å²) in [5.41, 5.74) is 0.761. The molecule has 0 aromatic heterocycles. The van der Waals surface area contributed by atoms with Gasteiger partial charge in [-0.2, -0.15) is 0 Å². The van der Waals surface area contributed by atoms with Gasteiger partial charge in [0.05, 0.1) is 25.7 Å². The second-order valence-electron chi connectivity index (χ2n) is 4.65. The first-order valence-corrected chi connectivity index (χ1v) is 6.20. The summed E-state index contributed by atoms with van der Waals surface area (Å²) < 4.78 is 4.64. The van der Waals surface area contributed by atoms with Crippen LogP contribution in [0.15, 0.2) is 30.3 Å². The standard InChI is InChI=1S/C14H17NO4/c1-19-14(18)11-7-13(17)15(8-11)9-12(16)10-5-3-2-4-6-10/h2-6,11-12,16H,7-9H2,1H3/t11?,12-/m1/s1. The molecule has 2 atom stereocenters. The minimum Gasteiger partial charge on any atom is -0.469 e. The molecule has 1 fully saturated rings. The maximum Gasteiger partial charge on any atom is 0.310 e. The summed E-state index contributed by atoms with van der Waals surface area (Å²) in [6.07, 6.45) is -0.574. The average molecular weight is 263 g/mol. The molecule has 1 N–H and O–H groups in total. The second-order valence-corrected chi connectivity index (χ2v) is 4.65. The van der Waals surface area contributed by atoms with Crippen molar-refractivity contribution in [2.24, 2.45) is 5.92 Å². The molecular weight excluding hydrogens is 246 g/mol. The number of likely N-dealkylation sites (tertiary alicyclic amines) is 1. The van der Waals surface area contributed by atoms with Gasteiger partial charge in [-0.25, -0.2) is 0 Å². The maximum absolute atomic E-state index is 11.8. The molecule has 2 rings (SSSR count). The summed E-state index contributed by atoms with van der Waals surface area (Å²) in [6, 6.07) is 9.15. The molecule has 1 heterocycles. The molecule has 0 bridgehead atoms. The highest BCUT2D eigenvalue weighted by atomic mass is 16.5. The van der Waals surface area contributed by atoms with E-state index in [-0.39, 0.29) is 24.8 Å². The number of aliphatic hydroxyl groups is 1. The van der Waals surface area contributed by atoms with Crippen molar-refractivity contribution in [1.82, 2.24) is 4.90 Å². The molecule has 0 radical (unpaired) electrons. The zero-order valence-corrected chi connectivity index (χ0v) is 10.8. The van der Waals surface area contributed by atoms with E-state index in [0.717, 1.165) is 5.56 Å². The molecule has 1 saturated heterocycles. The number of ether oxygens (including phenoxy) is 1. The lowest BCUT2D eigenvalue weighted by molar-refractivity contribution is -0.145. The molecule has 1 aliphatic rings. The molecule has 0 aliphatic carbocycles. The van der Waals surface area contributed by atoms with Gasteiger partial charge in [0.2, 0.25) is 5.91 Å². The van der Waals surface area contributed by atoms with Crippen LogP contribution in [-0.2, 0) is 14.3 Å². The fraction of sp³-hybridized carbons (Fsp3) is 0.429. The molecule has 1 amide bonds. The van der Waals surface area contributed by atoms with Gasteiger partial charge in [-0.3, -0.25) is 9.59 Å². The molecule has 0 spiro atoms. The van der Waals surface area contributed by atoms with Crippen LogP contribution in [0.5, 0.6) is 0 Å². The number of aliphatic hydroxyl groups excluding tert-OH is 1. The SMILES string of the molecule is COC(=O)C1CC(=O)N(C[C@@H](O)c2ccccc2)C1. The topological polar surface area (TPSA) is 66.8 Å². The van der Waals surface area contributed by atoms with Crippen LogP contribution in [0.3, 0.4) is 0 Å². The van der Waals surface area contributed by atoms with Crippen molar-refractivity contribution in [3.63, 3.8) is 0 Å². The minimum atomic E-state index is -0.735. The van der Waals surface area contributed by atoms with Gasteiger partial charge in [-0.05, 0) is 5.56 Å². The first kappa shape index (κ1) is 13.5. The highest BCUT2D eigenvalue weighted by Crippen LogP contribution is 2.22. The zero-order chi connectivity index (χ0) is 13.8. The number of benzene rings is 1. The lowest BCUT2D eigenvalue weighted by Crippen LogP contribution is -2.31. The van der Waals surface area contributed by atoms with Gasteiger partial charge in [0, 0.05) is 13.0 Å². The van der Waals surface area contributed by atoms with Crippen LogP contribution in [0.1, 0.15) is 18.1 Å². The second kappa shape index (κ2) is 5.84. The Bertz CT molecular complexity index is 460. The predicted molar refractivity (Wildman–Crippen MR) is 68.1 cm³/mol. The van der Waals surface area contributed by atoms with Crippen molar-refractivity contribution in [3.8, 4) is 0 Å². The van der Waals surface area contributed by atoms with E-state index >= 15 is 0 Å². The van der Waals surface area contributed by atoms with Gasteiger partial charge in [0.1, 0.15) is 0 Å². The number of nitrogens with zero attached hydrogens (tertiary/aromatic N) is 1. The van der Waals surface area contributed by atoms with Gasteiger partial charge in [0.15, 0.2) is 0 Å². The first-order chi connectivity index (χ1) is 9.11. The van der Waals surface area contributed by atoms with Crippen LogP contribution < -0.4 is 0 Å². The van der Waals surface area contributed by atoms with Crippen LogP contribution in [-0.4, -0.2) is 42.1 Å². The molecule has 102 valence electrons. The molecule has 1 aromatic rings. The third-order valence-electron chi connectivity index (χ3n) is 3.33. The predicted octanol–water partition coefficient (Wildman–Crippen LogP) is 0.741. The van der Waals surface area contributed by atoms with E-state index < -0.39 is 12.0 Å². The minimum absolute atomic E-state index is 0.120. The van der Waals surface area contributed by atoms with E-state index in [4.69, 9.17) is 0 Å². The first-order valence-electron chi connectivity index (χ1n) is 6.20. The normalized spacial score (nSPS) is 20.4. The van der Waals surface area contributed by atoms with E-state index in [1.807, 2.05) is 30.3 Å². The Morgan fingerprint density at radius 3 is 2.79 bits per heavy atom. The number of carbonyl (C=O) groups is 2. The fourth-order valence-corrected chi connectivity index (χ4v) is 2.26. The third kappa shape index (κ3) is 3.12. The Hall–Kier alpha value is -1.88. The van der Waals surface area contributed by atoms with E-state index in [2.05, 4.69) is 4.74 Å². The van der Waals surface area contributed by atoms with Gasteiger partial charge >= 0.3 is 5.97 Å². The summed E-state index contributed by atoms with van der Waals surface area (Å²) in [5, 5.41) is 10.1. The molecule has 1 aromatic carbocycles. The van der Waals surface area contributed by atoms with E-state index in [1.165, 1.54) is 12.0 Å². The van der Waals surface area contributed by atoms with Crippen molar-refractivity contribution in [2.75, 3.05) is 20.2 Å². The highest BCUT2D eigenvalue weighted by molar-refractivity contribution is 5.86. The Morgan fingerprint density at radius 2 is 2.16 bits per heavy atom. The molecule has 5 nitrogen and oxygen atoms in total. The van der Waals surface area contributed by atoms with Crippen molar-refractivity contribution in [2.45, 2.75) is 12.5 Å².